The van der Waals surface area contributed by atoms with E-state index in [1.807, 2.05) is 0 Å². The van der Waals surface area contributed by atoms with E-state index in [0.717, 1.165) is 0 Å². The molecule has 0 bridgehead atoms. The summed E-state index contributed by atoms with van der Waals surface area (Å²) in [4.78, 5) is 10.2. The largest absolute Gasteiger partial charge is 0.497 e. The van der Waals surface area contributed by atoms with Crippen molar-refractivity contribution in [3.05, 3.63) is 28.3 Å². The fourth-order valence-corrected chi connectivity index (χ4v) is 1.20. The number of rotatable bonds is 5. The number of aliphatic hydroxyl groups excluding tert-OH is 1. The summed E-state index contributed by atoms with van der Waals surface area (Å²) >= 11 is 0. The van der Waals surface area contributed by atoms with Gasteiger partial charge in [-0.1, -0.05) is 0 Å². The van der Waals surface area contributed by atoms with Crippen molar-refractivity contribution in [2.24, 2.45) is 0 Å². The predicted octanol–water partition coefficient (Wildman–Crippen LogP) is 1.40. The highest BCUT2D eigenvalue weighted by molar-refractivity contribution is 5.64. The first-order valence-corrected chi connectivity index (χ1v) is 4.79. The van der Waals surface area contributed by atoms with Gasteiger partial charge in [-0.3, -0.25) is 10.1 Å². The number of nitrogens with zero attached hydrogens (tertiary/aromatic N) is 1. The average molecular weight is 226 g/mol. The Hall–Kier alpha value is -1.82. The minimum absolute atomic E-state index is 0.0403. The van der Waals surface area contributed by atoms with Crippen LogP contribution in [0.2, 0.25) is 0 Å². The molecule has 1 atom stereocenters. The first-order chi connectivity index (χ1) is 7.54. The number of nitrogens with one attached hydrogen (secondary N) is 1. The van der Waals surface area contributed by atoms with Crippen LogP contribution >= 0.6 is 0 Å². The number of nitro groups is 1. The molecule has 1 aromatic rings. The third kappa shape index (κ3) is 3.09. The molecular weight excluding hydrogens is 212 g/mol. The van der Waals surface area contributed by atoms with Gasteiger partial charge in [0.25, 0.3) is 5.69 Å². The van der Waals surface area contributed by atoms with Crippen LogP contribution in [0, 0.1) is 10.1 Å². The summed E-state index contributed by atoms with van der Waals surface area (Å²) in [6.07, 6.45) is -0.578. The lowest BCUT2D eigenvalue weighted by atomic mass is 10.2. The van der Waals surface area contributed by atoms with Crippen molar-refractivity contribution in [2.75, 3.05) is 19.0 Å². The average Bonchev–Trinajstić information content (AvgIpc) is 2.25. The first kappa shape index (κ1) is 12.3. The monoisotopic (exact) mass is 226 g/mol. The Balaban J connectivity index is 2.96. The summed E-state index contributed by atoms with van der Waals surface area (Å²) in [7, 11) is 1.49. The maximum Gasteiger partial charge on any atom is 0.292 e. The smallest absolute Gasteiger partial charge is 0.292 e. The zero-order valence-corrected chi connectivity index (χ0v) is 9.14. The normalized spacial score (nSPS) is 11.9. The number of benzene rings is 1. The van der Waals surface area contributed by atoms with Crippen LogP contribution in [0.4, 0.5) is 11.4 Å². The molecule has 0 saturated carbocycles. The second kappa shape index (κ2) is 5.32. The number of aliphatic hydroxyl groups is 1. The standard InChI is InChI=1S/C10H14N2O4/c1-7(13)6-11-9-5-8(16-2)3-4-10(9)12(14)15/h3-5,7,11,13H,6H2,1-2H3. The second-order valence-electron chi connectivity index (χ2n) is 3.37. The third-order valence-electron chi connectivity index (χ3n) is 1.99. The molecule has 6 nitrogen and oxygen atoms in total. The molecule has 0 amide bonds. The van der Waals surface area contributed by atoms with Crippen LogP contribution in [0.25, 0.3) is 0 Å². The van der Waals surface area contributed by atoms with E-state index in [1.165, 1.54) is 25.3 Å². The molecule has 0 aliphatic rings. The summed E-state index contributed by atoms with van der Waals surface area (Å²) in [6.45, 7) is 1.84. The van der Waals surface area contributed by atoms with Gasteiger partial charge in [0.15, 0.2) is 0 Å². The minimum atomic E-state index is -0.578. The Labute approximate surface area is 93.0 Å². The van der Waals surface area contributed by atoms with E-state index in [4.69, 9.17) is 9.84 Å². The number of ether oxygens (including phenoxy) is 1. The number of hydrogen-bond donors (Lipinski definition) is 2. The van der Waals surface area contributed by atoms with Gasteiger partial charge in [-0.05, 0) is 13.0 Å². The Kier molecular flexibility index (Phi) is 4.07. The van der Waals surface area contributed by atoms with Crippen LogP contribution in [0.1, 0.15) is 6.92 Å². The van der Waals surface area contributed by atoms with Crippen LogP contribution in [-0.4, -0.2) is 29.8 Å². The van der Waals surface area contributed by atoms with Crippen molar-refractivity contribution in [1.82, 2.24) is 0 Å². The van der Waals surface area contributed by atoms with Gasteiger partial charge in [0.2, 0.25) is 0 Å². The fraction of sp³-hybridized carbons (Fsp3) is 0.400. The Morgan fingerprint density at radius 1 is 1.62 bits per heavy atom. The predicted molar refractivity (Wildman–Crippen MR) is 59.8 cm³/mol. The van der Waals surface area contributed by atoms with Crippen LogP contribution < -0.4 is 10.1 Å². The molecule has 0 saturated heterocycles. The van der Waals surface area contributed by atoms with Gasteiger partial charge < -0.3 is 15.2 Å². The van der Waals surface area contributed by atoms with Gasteiger partial charge in [0.1, 0.15) is 11.4 Å². The second-order valence-corrected chi connectivity index (χ2v) is 3.37. The van der Waals surface area contributed by atoms with Gasteiger partial charge >= 0.3 is 0 Å². The van der Waals surface area contributed by atoms with E-state index < -0.39 is 11.0 Å². The quantitative estimate of drug-likeness (QED) is 0.585. The van der Waals surface area contributed by atoms with Crippen molar-refractivity contribution in [1.29, 1.82) is 0 Å². The molecule has 0 aliphatic carbocycles. The molecule has 0 heterocycles. The summed E-state index contributed by atoms with van der Waals surface area (Å²) in [6, 6.07) is 4.41. The van der Waals surface area contributed by atoms with Crippen LogP contribution in [0.15, 0.2) is 18.2 Å². The third-order valence-corrected chi connectivity index (χ3v) is 1.99. The van der Waals surface area contributed by atoms with Crippen molar-refractivity contribution in [3.8, 4) is 5.75 Å². The highest BCUT2D eigenvalue weighted by Gasteiger charge is 2.14. The van der Waals surface area contributed by atoms with Crippen molar-refractivity contribution in [2.45, 2.75) is 13.0 Å². The molecule has 1 unspecified atom stereocenters. The number of anilines is 1. The fourth-order valence-electron chi connectivity index (χ4n) is 1.20. The molecular formula is C10H14N2O4. The van der Waals surface area contributed by atoms with E-state index in [2.05, 4.69) is 5.32 Å². The lowest BCUT2D eigenvalue weighted by Gasteiger charge is -2.10. The minimum Gasteiger partial charge on any atom is -0.497 e. The summed E-state index contributed by atoms with van der Waals surface area (Å²) in [5.41, 5.74) is 0.298. The summed E-state index contributed by atoms with van der Waals surface area (Å²) in [5, 5.41) is 22.6. The van der Waals surface area contributed by atoms with Gasteiger partial charge in [0.05, 0.1) is 18.1 Å². The van der Waals surface area contributed by atoms with Gasteiger partial charge in [-0.2, -0.15) is 0 Å². The molecule has 1 aromatic carbocycles. The summed E-state index contributed by atoms with van der Waals surface area (Å²) < 4.78 is 4.97. The lowest BCUT2D eigenvalue weighted by molar-refractivity contribution is -0.384. The zero-order valence-electron chi connectivity index (χ0n) is 9.14. The highest BCUT2D eigenvalue weighted by atomic mass is 16.6. The van der Waals surface area contributed by atoms with E-state index in [1.54, 1.807) is 6.92 Å². The van der Waals surface area contributed by atoms with Crippen LogP contribution in [-0.2, 0) is 0 Å². The van der Waals surface area contributed by atoms with Crippen molar-refractivity contribution >= 4 is 11.4 Å². The van der Waals surface area contributed by atoms with E-state index in [9.17, 15) is 10.1 Å². The van der Waals surface area contributed by atoms with E-state index in [0.29, 0.717) is 11.4 Å². The van der Waals surface area contributed by atoms with Crippen LogP contribution in [0.5, 0.6) is 5.75 Å². The van der Waals surface area contributed by atoms with Crippen molar-refractivity contribution in [3.63, 3.8) is 0 Å². The molecule has 88 valence electrons. The molecule has 0 radical (unpaired) electrons. The Morgan fingerprint density at radius 2 is 2.31 bits per heavy atom. The molecule has 1 rings (SSSR count). The maximum absolute atomic E-state index is 10.7. The maximum atomic E-state index is 10.7. The highest BCUT2D eigenvalue weighted by Crippen LogP contribution is 2.28. The lowest BCUT2D eigenvalue weighted by Crippen LogP contribution is -2.16. The molecule has 2 N–H and O–H groups in total. The van der Waals surface area contributed by atoms with Crippen LogP contribution in [0.3, 0.4) is 0 Å². The first-order valence-electron chi connectivity index (χ1n) is 4.79. The Bertz CT molecular complexity index is 379. The molecule has 0 fully saturated rings. The topological polar surface area (TPSA) is 84.6 Å². The van der Waals surface area contributed by atoms with Crippen molar-refractivity contribution < 1.29 is 14.8 Å². The van der Waals surface area contributed by atoms with E-state index >= 15 is 0 Å². The summed E-state index contributed by atoms with van der Waals surface area (Å²) in [5.74, 6) is 0.527. The molecule has 6 heteroatoms. The SMILES string of the molecule is COc1ccc([N+](=O)[O-])c(NCC(C)O)c1. The molecule has 0 aliphatic heterocycles. The molecule has 16 heavy (non-hydrogen) atoms. The Morgan fingerprint density at radius 3 is 2.81 bits per heavy atom. The number of hydrogen-bond acceptors (Lipinski definition) is 5. The van der Waals surface area contributed by atoms with Gasteiger partial charge in [-0.15, -0.1) is 0 Å². The number of methoxy groups -OCH3 is 1. The number of nitro benzene ring substituents is 1. The van der Waals surface area contributed by atoms with Gasteiger partial charge in [-0.25, -0.2) is 0 Å². The molecule has 0 aromatic heterocycles. The van der Waals surface area contributed by atoms with Gasteiger partial charge in [0, 0.05) is 18.7 Å². The zero-order chi connectivity index (χ0) is 12.1. The van der Waals surface area contributed by atoms with E-state index in [-0.39, 0.29) is 12.2 Å². The molecule has 0 spiro atoms.